The van der Waals surface area contributed by atoms with Crippen LogP contribution < -0.4 is 10.6 Å². The highest BCUT2D eigenvalue weighted by molar-refractivity contribution is 6.03. The van der Waals surface area contributed by atoms with E-state index in [9.17, 15) is 4.79 Å². The van der Waals surface area contributed by atoms with Crippen molar-refractivity contribution in [3.63, 3.8) is 0 Å². The van der Waals surface area contributed by atoms with E-state index in [1.807, 2.05) is 45.0 Å². The van der Waals surface area contributed by atoms with E-state index >= 15 is 0 Å². The summed E-state index contributed by atoms with van der Waals surface area (Å²) in [6, 6.07) is 9.42. The minimum atomic E-state index is -0.193. The van der Waals surface area contributed by atoms with Crippen LogP contribution in [0.5, 0.6) is 0 Å². The lowest BCUT2D eigenvalue weighted by Crippen LogP contribution is -2.14. The predicted octanol–water partition coefficient (Wildman–Crippen LogP) is 3.38. The summed E-state index contributed by atoms with van der Waals surface area (Å²) in [5, 5.41) is 6.04. The third kappa shape index (κ3) is 3.15. The first-order valence-electron chi connectivity index (χ1n) is 6.69. The Balaban J connectivity index is 2.13. The van der Waals surface area contributed by atoms with Crippen LogP contribution in [0, 0.1) is 13.8 Å². The lowest BCUT2D eigenvalue weighted by atomic mass is 10.1. The first-order chi connectivity index (χ1) is 9.61. The molecule has 1 aromatic carbocycles. The van der Waals surface area contributed by atoms with Crippen molar-refractivity contribution in [3.8, 4) is 0 Å². The van der Waals surface area contributed by atoms with E-state index in [0.717, 1.165) is 29.0 Å². The van der Waals surface area contributed by atoms with Gasteiger partial charge in [-0.3, -0.25) is 4.79 Å². The second-order valence-electron chi connectivity index (χ2n) is 4.66. The number of nitrogens with zero attached hydrogens (tertiary/aromatic N) is 1. The molecule has 0 spiro atoms. The molecule has 2 aromatic rings. The maximum absolute atomic E-state index is 12.2. The van der Waals surface area contributed by atoms with Crippen molar-refractivity contribution in [3.05, 3.63) is 53.3 Å². The molecule has 0 fully saturated rings. The zero-order chi connectivity index (χ0) is 14.5. The van der Waals surface area contributed by atoms with Crippen molar-refractivity contribution in [1.82, 2.24) is 4.98 Å². The van der Waals surface area contributed by atoms with Crippen molar-refractivity contribution >= 4 is 17.3 Å². The van der Waals surface area contributed by atoms with Crippen LogP contribution in [-0.2, 0) is 0 Å². The monoisotopic (exact) mass is 269 g/mol. The smallest absolute Gasteiger partial charge is 0.274 e. The summed E-state index contributed by atoms with van der Waals surface area (Å²) in [5.74, 6) is -0.193. The minimum Gasteiger partial charge on any atom is -0.384 e. The first kappa shape index (κ1) is 14.1. The Morgan fingerprint density at radius 3 is 2.65 bits per heavy atom. The number of aromatic nitrogens is 1. The van der Waals surface area contributed by atoms with Gasteiger partial charge in [0.15, 0.2) is 0 Å². The Labute approximate surface area is 119 Å². The largest absolute Gasteiger partial charge is 0.384 e. The molecule has 0 saturated carbocycles. The molecule has 0 aliphatic rings. The van der Waals surface area contributed by atoms with Crippen LogP contribution in [-0.4, -0.2) is 17.4 Å². The van der Waals surface area contributed by atoms with Gasteiger partial charge in [-0.15, -0.1) is 0 Å². The maximum atomic E-state index is 12.2. The van der Waals surface area contributed by atoms with E-state index in [4.69, 9.17) is 0 Å². The summed E-state index contributed by atoms with van der Waals surface area (Å²) in [6.45, 7) is 6.86. The van der Waals surface area contributed by atoms with E-state index < -0.39 is 0 Å². The van der Waals surface area contributed by atoms with Gasteiger partial charge < -0.3 is 10.6 Å². The summed E-state index contributed by atoms with van der Waals surface area (Å²) in [6.07, 6.45) is 1.67. The predicted molar refractivity (Wildman–Crippen MR) is 82.3 cm³/mol. The van der Waals surface area contributed by atoms with Crippen molar-refractivity contribution in [2.75, 3.05) is 17.2 Å². The average Bonchev–Trinajstić information content (AvgIpc) is 2.45. The normalized spacial score (nSPS) is 10.2. The molecule has 0 aliphatic carbocycles. The molecule has 0 aliphatic heterocycles. The molecule has 2 N–H and O–H groups in total. The van der Waals surface area contributed by atoms with Gasteiger partial charge in [-0.2, -0.15) is 0 Å². The van der Waals surface area contributed by atoms with Gasteiger partial charge in [-0.1, -0.05) is 12.1 Å². The molecule has 0 bridgehead atoms. The van der Waals surface area contributed by atoms with Gasteiger partial charge in [0.2, 0.25) is 0 Å². The molecule has 1 heterocycles. The number of anilines is 2. The Kier molecular flexibility index (Phi) is 4.35. The van der Waals surface area contributed by atoms with Gasteiger partial charge >= 0.3 is 0 Å². The van der Waals surface area contributed by atoms with Crippen LogP contribution in [0.2, 0.25) is 0 Å². The number of rotatable bonds is 4. The number of aryl methyl sites for hydroxylation is 1. The van der Waals surface area contributed by atoms with Crippen LogP contribution in [0.4, 0.5) is 11.4 Å². The highest BCUT2D eigenvalue weighted by atomic mass is 16.1. The van der Waals surface area contributed by atoms with Crippen molar-refractivity contribution in [2.45, 2.75) is 20.8 Å². The number of carbonyl (C=O) groups excluding carboxylic acids is 1. The number of amides is 1. The summed E-state index contributed by atoms with van der Waals surface area (Å²) in [7, 11) is 0. The first-order valence-corrected chi connectivity index (χ1v) is 6.69. The standard InChI is InChI=1S/C16H19N3O/c1-4-17-13-8-9-15(18-10-13)16(20)19-14-7-5-6-11(2)12(14)3/h5-10,17H,4H2,1-3H3,(H,19,20). The third-order valence-corrected chi connectivity index (χ3v) is 3.23. The van der Waals surface area contributed by atoms with Crippen molar-refractivity contribution in [1.29, 1.82) is 0 Å². The highest BCUT2D eigenvalue weighted by Gasteiger charge is 2.09. The molecule has 2 rings (SSSR count). The second kappa shape index (κ2) is 6.19. The molecule has 0 atom stereocenters. The molecule has 1 amide bonds. The van der Waals surface area contributed by atoms with Gasteiger partial charge in [0.1, 0.15) is 5.69 Å². The van der Waals surface area contributed by atoms with Crippen LogP contribution >= 0.6 is 0 Å². The summed E-state index contributed by atoms with van der Waals surface area (Å²) in [4.78, 5) is 16.3. The maximum Gasteiger partial charge on any atom is 0.274 e. The molecule has 4 heteroatoms. The topological polar surface area (TPSA) is 54.0 Å². The molecule has 104 valence electrons. The lowest BCUT2D eigenvalue weighted by Gasteiger charge is -2.10. The summed E-state index contributed by atoms with van der Waals surface area (Å²) < 4.78 is 0. The van der Waals surface area contributed by atoms with Gasteiger partial charge in [0, 0.05) is 12.2 Å². The molecular weight excluding hydrogens is 250 g/mol. The van der Waals surface area contributed by atoms with E-state index in [1.54, 1.807) is 12.3 Å². The lowest BCUT2D eigenvalue weighted by molar-refractivity contribution is 0.102. The van der Waals surface area contributed by atoms with E-state index in [2.05, 4.69) is 15.6 Å². The van der Waals surface area contributed by atoms with Gasteiger partial charge in [0.05, 0.1) is 11.9 Å². The van der Waals surface area contributed by atoms with E-state index in [0.29, 0.717) is 5.69 Å². The Morgan fingerprint density at radius 2 is 2.00 bits per heavy atom. The van der Waals surface area contributed by atoms with Gasteiger partial charge in [0.25, 0.3) is 5.91 Å². The van der Waals surface area contributed by atoms with Gasteiger partial charge in [-0.25, -0.2) is 4.98 Å². The fourth-order valence-electron chi connectivity index (χ4n) is 1.91. The molecule has 20 heavy (non-hydrogen) atoms. The SMILES string of the molecule is CCNc1ccc(C(=O)Nc2cccc(C)c2C)nc1. The number of benzene rings is 1. The fraction of sp³-hybridized carbons (Fsp3) is 0.250. The van der Waals surface area contributed by atoms with Crippen LogP contribution in [0.3, 0.4) is 0 Å². The van der Waals surface area contributed by atoms with E-state index in [1.165, 1.54) is 0 Å². The molecule has 0 saturated heterocycles. The number of carbonyl (C=O) groups is 1. The van der Waals surface area contributed by atoms with Crippen molar-refractivity contribution in [2.24, 2.45) is 0 Å². The Bertz CT molecular complexity index is 606. The Morgan fingerprint density at radius 1 is 1.20 bits per heavy atom. The van der Waals surface area contributed by atoms with Crippen LogP contribution in [0.15, 0.2) is 36.5 Å². The second-order valence-corrected chi connectivity index (χ2v) is 4.66. The summed E-state index contributed by atoms with van der Waals surface area (Å²) >= 11 is 0. The number of hydrogen-bond acceptors (Lipinski definition) is 3. The van der Waals surface area contributed by atoms with Crippen LogP contribution in [0.1, 0.15) is 28.5 Å². The summed E-state index contributed by atoms with van der Waals surface area (Å²) in [5.41, 5.74) is 4.37. The average molecular weight is 269 g/mol. The highest BCUT2D eigenvalue weighted by Crippen LogP contribution is 2.18. The fourth-order valence-corrected chi connectivity index (χ4v) is 1.91. The molecule has 1 aromatic heterocycles. The van der Waals surface area contributed by atoms with E-state index in [-0.39, 0.29) is 5.91 Å². The molecule has 0 radical (unpaired) electrons. The quantitative estimate of drug-likeness (QED) is 0.894. The zero-order valence-electron chi connectivity index (χ0n) is 12.0. The molecule has 4 nitrogen and oxygen atoms in total. The molecular formula is C16H19N3O. The number of pyridine rings is 1. The molecule has 0 unspecified atom stereocenters. The number of nitrogens with one attached hydrogen (secondary N) is 2. The third-order valence-electron chi connectivity index (χ3n) is 3.23. The Hall–Kier alpha value is -2.36. The zero-order valence-corrected chi connectivity index (χ0v) is 12.0. The van der Waals surface area contributed by atoms with Gasteiger partial charge in [-0.05, 0) is 50.1 Å². The van der Waals surface area contributed by atoms with Crippen LogP contribution in [0.25, 0.3) is 0 Å². The van der Waals surface area contributed by atoms with Crippen molar-refractivity contribution < 1.29 is 4.79 Å². The number of hydrogen-bond donors (Lipinski definition) is 2. The minimum absolute atomic E-state index is 0.193.